The molecule has 1 aliphatic heterocycles. The standard InChI is InChI=1S/C19H21N5O5/c1-4-10-22-17(27)18(28)23(19(22)29)11-14(25)20-15-12(2)21(3)24(16(15)26)13-8-6-5-7-9-13/h5-9H,4,10-11H2,1-3H3,(H,20,25). The summed E-state index contributed by atoms with van der Waals surface area (Å²) in [5.41, 5.74) is 0.703. The Morgan fingerprint density at radius 3 is 2.24 bits per heavy atom. The summed E-state index contributed by atoms with van der Waals surface area (Å²) in [4.78, 5) is 62.8. The van der Waals surface area contributed by atoms with Crippen LogP contribution in [0.2, 0.25) is 0 Å². The monoisotopic (exact) mass is 399 g/mol. The van der Waals surface area contributed by atoms with E-state index in [9.17, 15) is 24.0 Å². The Balaban J connectivity index is 1.82. The average Bonchev–Trinajstić information content (AvgIpc) is 3.03. The molecule has 2 aromatic rings. The number of imide groups is 2. The molecule has 1 aromatic heterocycles. The van der Waals surface area contributed by atoms with E-state index in [4.69, 9.17) is 0 Å². The zero-order chi connectivity index (χ0) is 21.3. The van der Waals surface area contributed by atoms with Gasteiger partial charge in [0.2, 0.25) is 5.91 Å². The fraction of sp³-hybridized carbons (Fsp3) is 0.316. The molecule has 1 fully saturated rings. The molecule has 0 atom stereocenters. The molecule has 1 aliphatic rings. The van der Waals surface area contributed by atoms with E-state index in [-0.39, 0.29) is 12.2 Å². The number of aromatic nitrogens is 2. The summed E-state index contributed by atoms with van der Waals surface area (Å²) in [7, 11) is 1.67. The lowest BCUT2D eigenvalue weighted by Gasteiger charge is -2.14. The van der Waals surface area contributed by atoms with E-state index < -0.39 is 35.9 Å². The number of benzene rings is 1. The van der Waals surface area contributed by atoms with Crippen LogP contribution in [0.3, 0.4) is 0 Å². The lowest BCUT2D eigenvalue weighted by atomic mass is 10.3. The van der Waals surface area contributed by atoms with Crippen LogP contribution in [0.5, 0.6) is 0 Å². The van der Waals surface area contributed by atoms with Gasteiger partial charge in [-0.25, -0.2) is 14.4 Å². The summed E-state index contributed by atoms with van der Waals surface area (Å²) in [6.45, 7) is 2.87. The highest BCUT2D eigenvalue weighted by molar-refractivity contribution is 6.45. The third-order valence-corrected chi connectivity index (χ3v) is 4.70. The molecule has 0 bridgehead atoms. The van der Waals surface area contributed by atoms with Gasteiger partial charge in [-0.05, 0) is 25.5 Å². The Morgan fingerprint density at radius 2 is 1.62 bits per heavy atom. The van der Waals surface area contributed by atoms with Gasteiger partial charge in [0.1, 0.15) is 12.2 Å². The SMILES string of the molecule is CCCN1C(=O)C(=O)N(CC(=O)Nc2c(C)n(C)n(-c3ccccc3)c2=O)C1=O. The molecule has 3 rings (SSSR count). The number of carbonyl (C=O) groups excluding carboxylic acids is 4. The van der Waals surface area contributed by atoms with Crippen molar-refractivity contribution < 1.29 is 19.2 Å². The largest absolute Gasteiger partial charge is 0.334 e. The van der Waals surface area contributed by atoms with Crippen LogP contribution < -0.4 is 10.9 Å². The minimum absolute atomic E-state index is 0.0391. The van der Waals surface area contributed by atoms with Gasteiger partial charge in [-0.1, -0.05) is 25.1 Å². The first-order valence-electron chi connectivity index (χ1n) is 9.09. The molecule has 1 aromatic carbocycles. The van der Waals surface area contributed by atoms with Crippen molar-refractivity contribution in [1.82, 2.24) is 19.2 Å². The molecule has 5 amide bonds. The normalized spacial score (nSPS) is 14.1. The van der Waals surface area contributed by atoms with Crippen molar-refractivity contribution in [2.45, 2.75) is 20.3 Å². The maximum absolute atomic E-state index is 12.8. The predicted octanol–water partition coefficient (Wildman–Crippen LogP) is 0.624. The summed E-state index contributed by atoms with van der Waals surface area (Å²) in [6.07, 6.45) is 0.493. The topological polar surface area (TPSA) is 114 Å². The second-order valence-corrected chi connectivity index (χ2v) is 6.62. The zero-order valence-corrected chi connectivity index (χ0v) is 16.3. The van der Waals surface area contributed by atoms with E-state index in [1.165, 1.54) is 4.68 Å². The van der Waals surface area contributed by atoms with Gasteiger partial charge in [0.15, 0.2) is 0 Å². The minimum Gasteiger partial charge on any atom is -0.318 e. The van der Waals surface area contributed by atoms with Crippen LogP contribution >= 0.6 is 0 Å². The van der Waals surface area contributed by atoms with Crippen LogP contribution in [0.4, 0.5) is 10.5 Å². The van der Waals surface area contributed by atoms with Gasteiger partial charge in [-0.15, -0.1) is 0 Å². The van der Waals surface area contributed by atoms with Crippen molar-refractivity contribution in [2.75, 3.05) is 18.4 Å². The minimum atomic E-state index is -1.05. The second-order valence-electron chi connectivity index (χ2n) is 6.62. The maximum Gasteiger partial charge on any atom is 0.334 e. The number of nitrogens with one attached hydrogen (secondary N) is 1. The third kappa shape index (κ3) is 3.44. The lowest BCUT2D eigenvalue weighted by Crippen LogP contribution is -2.39. The van der Waals surface area contributed by atoms with Crippen LogP contribution in [0.25, 0.3) is 5.69 Å². The van der Waals surface area contributed by atoms with Gasteiger partial charge >= 0.3 is 17.8 Å². The van der Waals surface area contributed by atoms with E-state index in [1.807, 2.05) is 6.07 Å². The Labute approximate surface area is 166 Å². The maximum atomic E-state index is 12.8. The number of urea groups is 1. The number of carbonyl (C=O) groups is 4. The first-order chi connectivity index (χ1) is 13.8. The predicted molar refractivity (Wildman–Crippen MR) is 103 cm³/mol. The number of nitrogens with zero attached hydrogens (tertiary/aromatic N) is 4. The molecule has 0 saturated carbocycles. The van der Waals surface area contributed by atoms with Gasteiger partial charge in [0.25, 0.3) is 5.56 Å². The van der Waals surface area contributed by atoms with Crippen LogP contribution in [-0.2, 0) is 21.4 Å². The molecule has 10 nitrogen and oxygen atoms in total. The lowest BCUT2D eigenvalue weighted by molar-refractivity contribution is -0.143. The number of hydrogen-bond acceptors (Lipinski definition) is 5. The smallest absolute Gasteiger partial charge is 0.318 e. The highest BCUT2D eigenvalue weighted by Crippen LogP contribution is 2.15. The molecule has 0 spiro atoms. The molecule has 10 heteroatoms. The van der Waals surface area contributed by atoms with Crippen LogP contribution in [0, 0.1) is 6.92 Å². The fourth-order valence-electron chi connectivity index (χ4n) is 3.15. The zero-order valence-electron chi connectivity index (χ0n) is 16.3. The Morgan fingerprint density at radius 1 is 1.00 bits per heavy atom. The Bertz CT molecular complexity index is 1050. The summed E-state index contributed by atoms with van der Waals surface area (Å²) >= 11 is 0. The Kier molecular flexibility index (Phi) is 5.35. The average molecular weight is 399 g/mol. The van der Waals surface area contributed by atoms with E-state index in [0.717, 1.165) is 4.90 Å². The van der Waals surface area contributed by atoms with Crippen molar-refractivity contribution in [2.24, 2.45) is 7.05 Å². The fourth-order valence-corrected chi connectivity index (χ4v) is 3.15. The van der Waals surface area contributed by atoms with Crippen molar-refractivity contribution in [3.8, 4) is 5.69 Å². The molecule has 0 aliphatic carbocycles. The number of hydrogen-bond donors (Lipinski definition) is 1. The van der Waals surface area contributed by atoms with E-state index in [1.54, 1.807) is 49.8 Å². The number of rotatable bonds is 6. The highest BCUT2D eigenvalue weighted by Gasteiger charge is 2.44. The molecular weight excluding hydrogens is 378 g/mol. The highest BCUT2D eigenvalue weighted by atomic mass is 16.2. The van der Waals surface area contributed by atoms with Gasteiger partial charge in [0, 0.05) is 13.6 Å². The van der Waals surface area contributed by atoms with Crippen molar-refractivity contribution in [1.29, 1.82) is 0 Å². The van der Waals surface area contributed by atoms with Crippen molar-refractivity contribution in [3.05, 3.63) is 46.4 Å². The second kappa shape index (κ2) is 7.74. The first kappa shape index (κ1) is 20.1. The molecular formula is C19H21N5O5. The molecule has 1 saturated heterocycles. The van der Waals surface area contributed by atoms with Crippen molar-refractivity contribution in [3.63, 3.8) is 0 Å². The Hall–Kier alpha value is -3.69. The summed E-state index contributed by atoms with van der Waals surface area (Å²) < 4.78 is 2.98. The van der Waals surface area contributed by atoms with E-state index >= 15 is 0 Å². The van der Waals surface area contributed by atoms with Crippen molar-refractivity contribution >= 4 is 29.4 Å². The quantitative estimate of drug-likeness (QED) is 0.565. The number of para-hydroxylation sites is 1. The summed E-state index contributed by atoms with van der Waals surface area (Å²) in [5, 5.41) is 2.47. The van der Waals surface area contributed by atoms with Gasteiger partial charge < -0.3 is 5.32 Å². The number of anilines is 1. The van der Waals surface area contributed by atoms with Gasteiger partial charge in [-0.3, -0.25) is 28.8 Å². The molecule has 29 heavy (non-hydrogen) atoms. The molecule has 152 valence electrons. The molecule has 0 unspecified atom stereocenters. The van der Waals surface area contributed by atoms with E-state index in [0.29, 0.717) is 22.7 Å². The molecule has 0 radical (unpaired) electrons. The summed E-state index contributed by atoms with van der Waals surface area (Å²) in [6, 6.07) is 8.06. The molecule has 1 N–H and O–H groups in total. The summed E-state index contributed by atoms with van der Waals surface area (Å²) in [5.74, 6) is -2.75. The van der Waals surface area contributed by atoms with E-state index in [2.05, 4.69) is 5.32 Å². The van der Waals surface area contributed by atoms with Gasteiger partial charge in [0.05, 0.1) is 11.4 Å². The number of amides is 5. The third-order valence-electron chi connectivity index (χ3n) is 4.70. The van der Waals surface area contributed by atoms with Crippen LogP contribution in [0.15, 0.2) is 35.1 Å². The van der Waals surface area contributed by atoms with Gasteiger partial charge in [-0.2, -0.15) is 0 Å². The van der Waals surface area contributed by atoms with Crippen LogP contribution in [-0.4, -0.2) is 56.0 Å². The molecule has 2 heterocycles. The first-order valence-corrected chi connectivity index (χ1v) is 9.09. The van der Waals surface area contributed by atoms with Crippen LogP contribution in [0.1, 0.15) is 19.0 Å².